The fraction of sp³-hybridized carbons (Fsp3) is 0. The van der Waals surface area contributed by atoms with Gasteiger partial charge in [-0.1, -0.05) is 0 Å². The molecule has 2 N–H and O–H groups in total. The molecule has 0 aliphatic rings. The molecule has 1 heterocycles. The second kappa shape index (κ2) is 3.10. The summed E-state index contributed by atoms with van der Waals surface area (Å²) in [5.41, 5.74) is 0.459. The molecule has 0 fully saturated rings. The monoisotopic (exact) mass is 196 g/mol. The number of halogens is 2. The van der Waals surface area contributed by atoms with Crippen LogP contribution >= 0.6 is 0 Å². The zero-order chi connectivity index (χ0) is 10.1. The summed E-state index contributed by atoms with van der Waals surface area (Å²) in [6.07, 6.45) is 1.40. The highest BCUT2D eigenvalue weighted by molar-refractivity contribution is 5.57. The zero-order valence-electron chi connectivity index (χ0n) is 6.97. The van der Waals surface area contributed by atoms with Crippen molar-refractivity contribution in [3.05, 3.63) is 46.5 Å². The van der Waals surface area contributed by atoms with Crippen molar-refractivity contribution in [3.63, 3.8) is 0 Å². The topological polar surface area (TPSA) is 48.6 Å². The Morgan fingerprint density at radius 2 is 1.93 bits per heavy atom. The van der Waals surface area contributed by atoms with Gasteiger partial charge in [0.1, 0.15) is 0 Å². The predicted octanol–water partition coefficient (Wildman–Crippen LogP) is 1.65. The lowest BCUT2D eigenvalue weighted by Gasteiger charge is -1.97. The first-order valence-electron chi connectivity index (χ1n) is 3.90. The third-order valence-corrected chi connectivity index (χ3v) is 1.83. The van der Waals surface area contributed by atoms with Crippen LogP contribution in [0, 0.1) is 11.6 Å². The standard InChI is InChI=1S/C9H6F2N2O/c10-6-2-1-5(3-7(6)11)8-4-12-9(14)13-8/h1-4H,(H2,12,13,14). The number of hydrogen-bond donors (Lipinski definition) is 2. The first-order valence-corrected chi connectivity index (χ1v) is 3.90. The quantitative estimate of drug-likeness (QED) is 0.715. The highest BCUT2D eigenvalue weighted by Gasteiger charge is 2.05. The predicted molar refractivity (Wildman–Crippen MR) is 46.8 cm³/mol. The molecule has 0 spiro atoms. The van der Waals surface area contributed by atoms with Gasteiger partial charge in [0.05, 0.1) is 5.69 Å². The molecule has 2 aromatic rings. The first kappa shape index (κ1) is 8.68. The van der Waals surface area contributed by atoms with Gasteiger partial charge in [0.25, 0.3) is 0 Å². The van der Waals surface area contributed by atoms with E-state index in [2.05, 4.69) is 9.97 Å². The van der Waals surface area contributed by atoms with Gasteiger partial charge in [-0.2, -0.15) is 0 Å². The van der Waals surface area contributed by atoms with Gasteiger partial charge in [-0.15, -0.1) is 0 Å². The minimum atomic E-state index is -0.940. The maximum absolute atomic E-state index is 12.8. The molecule has 1 aromatic carbocycles. The Bertz CT molecular complexity index is 516. The van der Waals surface area contributed by atoms with Crippen LogP contribution in [0.4, 0.5) is 8.78 Å². The van der Waals surface area contributed by atoms with E-state index in [-0.39, 0.29) is 5.69 Å². The van der Waals surface area contributed by atoms with Gasteiger partial charge >= 0.3 is 5.69 Å². The fourth-order valence-electron chi connectivity index (χ4n) is 1.15. The summed E-state index contributed by atoms with van der Waals surface area (Å²) in [4.78, 5) is 15.5. The van der Waals surface area contributed by atoms with Gasteiger partial charge in [0, 0.05) is 11.8 Å². The van der Waals surface area contributed by atoms with Crippen molar-refractivity contribution in [3.8, 4) is 11.3 Å². The van der Waals surface area contributed by atoms with E-state index in [0.717, 1.165) is 12.1 Å². The largest absolute Gasteiger partial charge is 0.323 e. The van der Waals surface area contributed by atoms with E-state index < -0.39 is 11.6 Å². The van der Waals surface area contributed by atoms with E-state index in [1.54, 1.807) is 0 Å². The van der Waals surface area contributed by atoms with Crippen LogP contribution in [0.3, 0.4) is 0 Å². The molecule has 0 atom stereocenters. The maximum Gasteiger partial charge on any atom is 0.323 e. The highest BCUT2D eigenvalue weighted by atomic mass is 19.2. The summed E-state index contributed by atoms with van der Waals surface area (Å²) in [6, 6.07) is 3.42. The maximum atomic E-state index is 12.8. The minimum Gasteiger partial charge on any atom is -0.312 e. The third-order valence-electron chi connectivity index (χ3n) is 1.83. The van der Waals surface area contributed by atoms with Gasteiger partial charge in [-0.05, 0) is 18.2 Å². The number of nitrogens with one attached hydrogen (secondary N) is 2. The summed E-state index contributed by atoms with van der Waals surface area (Å²) in [6.45, 7) is 0. The van der Waals surface area contributed by atoms with Crippen LogP contribution in [0.1, 0.15) is 0 Å². The van der Waals surface area contributed by atoms with Crippen LogP contribution in [0.15, 0.2) is 29.2 Å². The number of imidazole rings is 1. The van der Waals surface area contributed by atoms with Crippen LogP contribution in [-0.2, 0) is 0 Å². The first-order chi connectivity index (χ1) is 6.66. The Morgan fingerprint density at radius 3 is 2.50 bits per heavy atom. The van der Waals surface area contributed by atoms with E-state index in [4.69, 9.17) is 0 Å². The van der Waals surface area contributed by atoms with E-state index in [0.29, 0.717) is 11.3 Å². The summed E-state index contributed by atoms with van der Waals surface area (Å²) in [5.74, 6) is -1.85. The van der Waals surface area contributed by atoms with E-state index in [1.807, 2.05) is 0 Å². The lowest BCUT2D eigenvalue weighted by Crippen LogP contribution is -2.00. The number of hydrogen-bond acceptors (Lipinski definition) is 1. The fourth-order valence-corrected chi connectivity index (χ4v) is 1.15. The van der Waals surface area contributed by atoms with E-state index in [1.165, 1.54) is 12.3 Å². The number of rotatable bonds is 1. The molecular weight excluding hydrogens is 190 g/mol. The molecule has 0 radical (unpaired) electrons. The Morgan fingerprint density at radius 1 is 1.14 bits per heavy atom. The van der Waals surface area contributed by atoms with Gasteiger partial charge < -0.3 is 9.97 Å². The van der Waals surface area contributed by atoms with Gasteiger partial charge in [-0.25, -0.2) is 13.6 Å². The zero-order valence-corrected chi connectivity index (χ0v) is 6.97. The summed E-state index contributed by atoms with van der Waals surface area (Å²) in [5, 5.41) is 0. The third kappa shape index (κ3) is 1.44. The Balaban J connectivity index is 2.52. The van der Waals surface area contributed by atoms with Crippen LogP contribution in [0.2, 0.25) is 0 Å². The van der Waals surface area contributed by atoms with Crippen LogP contribution in [0.25, 0.3) is 11.3 Å². The van der Waals surface area contributed by atoms with Crippen molar-refractivity contribution in [2.75, 3.05) is 0 Å². The molecule has 0 saturated heterocycles. The molecule has 1 aromatic heterocycles. The van der Waals surface area contributed by atoms with Crippen LogP contribution in [-0.4, -0.2) is 9.97 Å². The Hall–Kier alpha value is -1.91. The van der Waals surface area contributed by atoms with Crippen molar-refractivity contribution in [2.45, 2.75) is 0 Å². The Labute approximate surface area is 77.4 Å². The molecule has 5 heteroatoms. The normalized spacial score (nSPS) is 10.4. The summed E-state index contributed by atoms with van der Waals surface area (Å²) in [7, 11) is 0. The van der Waals surface area contributed by atoms with Crippen molar-refractivity contribution < 1.29 is 8.78 Å². The van der Waals surface area contributed by atoms with E-state index in [9.17, 15) is 13.6 Å². The van der Waals surface area contributed by atoms with Gasteiger partial charge in [0.2, 0.25) is 0 Å². The number of aromatic amines is 2. The minimum absolute atomic E-state index is 0.385. The lowest BCUT2D eigenvalue weighted by atomic mass is 10.1. The number of aromatic nitrogens is 2. The smallest absolute Gasteiger partial charge is 0.312 e. The second-order valence-corrected chi connectivity index (χ2v) is 2.79. The van der Waals surface area contributed by atoms with Crippen molar-refractivity contribution in [1.29, 1.82) is 0 Å². The molecule has 0 amide bonds. The second-order valence-electron chi connectivity index (χ2n) is 2.79. The van der Waals surface area contributed by atoms with Gasteiger partial charge in [0.15, 0.2) is 11.6 Å². The van der Waals surface area contributed by atoms with Gasteiger partial charge in [-0.3, -0.25) is 0 Å². The molecule has 0 aliphatic carbocycles. The molecule has 0 aliphatic heterocycles. The summed E-state index contributed by atoms with van der Waals surface area (Å²) < 4.78 is 25.4. The van der Waals surface area contributed by atoms with Crippen molar-refractivity contribution >= 4 is 0 Å². The van der Waals surface area contributed by atoms with Crippen LogP contribution < -0.4 is 5.69 Å². The average Bonchev–Trinajstić information content (AvgIpc) is 2.57. The molecular formula is C9H6F2N2O. The SMILES string of the molecule is O=c1[nH]cc(-c2ccc(F)c(F)c2)[nH]1. The molecule has 2 rings (SSSR count). The molecule has 3 nitrogen and oxygen atoms in total. The number of H-pyrrole nitrogens is 2. The molecule has 14 heavy (non-hydrogen) atoms. The molecule has 72 valence electrons. The molecule has 0 unspecified atom stereocenters. The molecule has 0 saturated carbocycles. The number of benzene rings is 1. The lowest BCUT2D eigenvalue weighted by molar-refractivity contribution is 0.509. The summed E-state index contributed by atoms with van der Waals surface area (Å²) >= 11 is 0. The van der Waals surface area contributed by atoms with Crippen molar-refractivity contribution in [2.24, 2.45) is 0 Å². The molecule has 0 bridgehead atoms. The Kier molecular flexibility index (Phi) is 1.92. The highest BCUT2D eigenvalue weighted by Crippen LogP contribution is 2.17. The van der Waals surface area contributed by atoms with Crippen molar-refractivity contribution in [1.82, 2.24) is 9.97 Å². The van der Waals surface area contributed by atoms with E-state index >= 15 is 0 Å². The average molecular weight is 196 g/mol. The van der Waals surface area contributed by atoms with Crippen LogP contribution in [0.5, 0.6) is 0 Å².